The summed E-state index contributed by atoms with van der Waals surface area (Å²) in [6, 6.07) is 7.38. The Labute approximate surface area is 126 Å². The van der Waals surface area contributed by atoms with Crippen molar-refractivity contribution in [3.8, 4) is 0 Å². The lowest BCUT2D eigenvalue weighted by atomic mass is 10.1. The molecule has 0 bridgehead atoms. The molecule has 0 radical (unpaired) electrons. The minimum absolute atomic E-state index is 0.0469. The van der Waals surface area contributed by atoms with E-state index >= 15 is 0 Å². The van der Waals surface area contributed by atoms with Gasteiger partial charge in [0.1, 0.15) is 0 Å². The fraction of sp³-hybridized carbons (Fsp3) is 0.500. The van der Waals surface area contributed by atoms with E-state index in [9.17, 15) is 9.59 Å². The summed E-state index contributed by atoms with van der Waals surface area (Å²) in [6.07, 6.45) is 0.844. The molecule has 1 rings (SSSR count). The van der Waals surface area contributed by atoms with Crippen molar-refractivity contribution >= 4 is 17.6 Å². The molecule has 0 heterocycles. The van der Waals surface area contributed by atoms with Crippen LogP contribution in [0.25, 0.3) is 0 Å². The molecule has 0 saturated carbocycles. The van der Waals surface area contributed by atoms with Crippen LogP contribution in [0.5, 0.6) is 0 Å². The van der Waals surface area contributed by atoms with Gasteiger partial charge in [0.25, 0.3) is 0 Å². The van der Waals surface area contributed by atoms with Gasteiger partial charge >= 0.3 is 6.03 Å². The number of hydrogen-bond donors (Lipinski definition) is 3. The highest BCUT2D eigenvalue weighted by Crippen LogP contribution is 2.14. The van der Waals surface area contributed by atoms with E-state index in [0.29, 0.717) is 5.92 Å². The van der Waals surface area contributed by atoms with Crippen LogP contribution in [0.2, 0.25) is 0 Å². The molecule has 0 spiro atoms. The predicted molar refractivity (Wildman–Crippen MR) is 85.3 cm³/mol. The number of para-hydroxylation sites is 1. The molecular weight excluding hydrogens is 266 g/mol. The number of carbonyl (C=O) groups excluding carboxylic acids is 2. The second-order valence-corrected chi connectivity index (χ2v) is 5.42. The summed E-state index contributed by atoms with van der Waals surface area (Å²) in [5.41, 5.74) is 1.87. The number of carbonyl (C=O) groups is 2. The number of urea groups is 1. The summed E-state index contributed by atoms with van der Waals surface area (Å²) in [7, 11) is 0. The monoisotopic (exact) mass is 291 g/mol. The molecule has 3 amide bonds. The zero-order valence-corrected chi connectivity index (χ0v) is 13.2. The van der Waals surface area contributed by atoms with E-state index in [-0.39, 0.29) is 24.5 Å². The van der Waals surface area contributed by atoms with Crippen molar-refractivity contribution in [1.82, 2.24) is 10.6 Å². The van der Waals surface area contributed by atoms with E-state index < -0.39 is 0 Å². The van der Waals surface area contributed by atoms with Gasteiger partial charge in [0, 0.05) is 11.7 Å². The molecule has 1 unspecified atom stereocenters. The van der Waals surface area contributed by atoms with Crippen molar-refractivity contribution in [2.45, 2.75) is 40.2 Å². The van der Waals surface area contributed by atoms with Crippen LogP contribution in [0.15, 0.2) is 24.3 Å². The van der Waals surface area contributed by atoms with Gasteiger partial charge in [-0.05, 0) is 30.9 Å². The molecule has 21 heavy (non-hydrogen) atoms. The number of rotatable bonds is 6. The Kier molecular flexibility index (Phi) is 6.72. The SMILES string of the molecule is CCc1ccccc1NC(=O)CNC(=O)NC(C)C(C)C. The van der Waals surface area contributed by atoms with Gasteiger partial charge in [0.2, 0.25) is 5.91 Å². The number of hydrogen-bond acceptors (Lipinski definition) is 2. The van der Waals surface area contributed by atoms with Crippen molar-refractivity contribution in [3.63, 3.8) is 0 Å². The second-order valence-electron chi connectivity index (χ2n) is 5.42. The highest BCUT2D eigenvalue weighted by molar-refractivity contribution is 5.94. The van der Waals surface area contributed by atoms with Crippen LogP contribution >= 0.6 is 0 Å². The molecule has 1 aromatic carbocycles. The average Bonchev–Trinajstić information content (AvgIpc) is 2.45. The van der Waals surface area contributed by atoms with Gasteiger partial charge in [0.15, 0.2) is 0 Å². The maximum absolute atomic E-state index is 11.9. The van der Waals surface area contributed by atoms with Gasteiger partial charge in [-0.15, -0.1) is 0 Å². The molecule has 0 aliphatic carbocycles. The number of benzene rings is 1. The molecule has 0 fully saturated rings. The minimum Gasteiger partial charge on any atom is -0.335 e. The van der Waals surface area contributed by atoms with Crippen LogP contribution in [-0.4, -0.2) is 24.5 Å². The molecule has 0 aliphatic heterocycles. The zero-order valence-electron chi connectivity index (χ0n) is 13.2. The van der Waals surface area contributed by atoms with Gasteiger partial charge in [-0.1, -0.05) is 39.0 Å². The Morgan fingerprint density at radius 3 is 2.43 bits per heavy atom. The van der Waals surface area contributed by atoms with Gasteiger partial charge in [-0.25, -0.2) is 4.79 Å². The average molecular weight is 291 g/mol. The normalized spacial score (nSPS) is 11.9. The van der Waals surface area contributed by atoms with E-state index in [4.69, 9.17) is 0 Å². The lowest BCUT2D eigenvalue weighted by molar-refractivity contribution is -0.115. The summed E-state index contributed by atoms with van der Waals surface area (Å²) >= 11 is 0. The molecule has 5 nitrogen and oxygen atoms in total. The van der Waals surface area contributed by atoms with E-state index in [1.165, 1.54) is 0 Å². The van der Waals surface area contributed by atoms with Crippen LogP contribution < -0.4 is 16.0 Å². The third kappa shape index (κ3) is 5.85. The third-order valence-corrected chi connectivity index (χ3v) is 3.44. The third-order valence-electron chi connectivity index (χ3n) is 3.44. The first-order chi connectivity index (χ1) is 9.93. The van der Waals surface area contributed by atoms with Gasteiger partial charge in [0.05, 0.1) is 6.54 Å². The fourth-order valence-electron chi connectivity index (χ4n) is 1.73. The summed E-state index contributed by atoms with van der Waals surface area (Å²) in [4.78, 5) is 23.5. The quantitative estimate of drug-likeness (QED) is 0.753. The van der Waals surface area contributed by atoms with Crippen molar-refractivity contribution in [2.75, 3.05) is 11.9 Å². The Bertz CT molecular complexity index is 486. The van der Waals surface area contributed by atoms with E-state index in [0.717, 1.165) is 17.7 Å². The molecule has 1 aromatic rings. The fourth-order valence-corrected chi connectivity index (χ4v) is 1.73. The van der Waals surface area contributed by atoms with Crippen LogP contribution in [0, 0.1) is 5.92 Å². The van der Waals surface area contributed by atoms with Crippen LogP contribution in [-0.2, 0) is 11.2 Å². The maximum atomic E-state index is 11.9. The zero-order chi connectivity index (χ0) is 15.8. The molecule has 3 N–H and O–H groups in total. The molecule has 0 aromatic heterocycles. The molecule has 0 saturated heterocycles. The first-order valence-electron chi connectivity index (χ1n) is 7.36. The molecular formula is C16H25N3O2. The lowest BCUT2D eigenvalue weighted by Gasteiger charge is -2.17. The van der Waals surface area contributed by atoms with E-state index in [1.807, 2.05) is 52.0 Å². The van der Waals surface area contributed by atoms with Crippen LogP contribution in [0.4, 0.5) is 10.5 Å². The van der Waals surface area contributed by atoms with Crippen molar-refractivity contribution in [1.29, 1.82) is 0 Å². The highest BCUT2D eigenvalue weighted by atomic mass is 16.2. The number of nitrogens with one attached hydrogen (secondary N) is 3. The summed E-state index contributed by atoms with van der Waals surface area (Å²) in [5.74, 6) is 0.115. The topological polar surface area (TPSA) is 70.2 Å². The predicted octanol–water partition coefficient (Wildman–Crippen LogP) is 2.53. The van der Waals surface area contributed by atoms with Gasteiger partial charge in [-0.2, -0.15) is 0 Å². The standard InChI is InChI=1S/C16H25N3O2/c1-5-13-8-6-7-9-14(13)19-15(20)10-17-16(21)18-12(4)11(2)3/h6-9,11-12H,5,10H2,1-4H3,(H,19,20)(H2,17,18,21). The summed E-state index contributed by atoms with van der Waals surface area (Å²) in [5, 5.41) is 8.17. The largest absolute Gasteiger partial charge is 0.335 e. The molecule has 1 atom stereocenters. The maximum Gasteiger partial charge on any atom is 0.315 e. The molecule has 5 heteroatoms. The number of aryl methyl sites for hydroxylation is 1. The number of anilines is 1. The van der Waals surface area contributed by atoms with Crippen molar-refractivity contribution < 1.29 is 9.59 Å². The first-order valence-corrected chi connectivity index (χ1v) is 7.36. The first kappa shape index (κ1) is 17.0. The van der Waals surface area contributed by atoms with Crippen LogP contribution in [0.1, 0.15) is 33.3 Å². The Morgan fingerprint density at radius 2 is 1.81 bits per heavy atom. The lowest BCUT2D eigenvalue weighted by Crippen LogP contribution is -2.45. The molecule has 0 aliphatic rings. The highest BCUT2D eigenvalue weighted by Gasteiger charge is 2.12. The number of amides is 3. The Balaban J connectivity index is 2.42. The Hall–Kier alpha value is -2.04. The van der Waals surface area contributed by atoms with E-state index in [2.05, 4.69) is 16.0 Å². The molecule has 116 valence electrons. The van der Waals surface area contributed by atoms with Crippen molar-refractivity contribution in [2.24, 2.45) is 5.92 Å². The van der Waals surface area contributed by atoms with Crippen LogP contribution in [0.3, 0.4) is 0 Å². The van der Waals surface area contributed by atoms with Gasteiger partial charge in [-0.3, -0.25) is 4.79 Å². The Morgan fingerprint density at radius 1 is 1.14 bits per heavy atom. The summed E-state index contributed by atoms with van der Waals surface area (Å²) in [6.45, 7) is 7.97. The minimum atomic E-state index is -0.324. The second kappa shape index (κ2) is 8.29. The van der Waals surface area contributed by atoms with E-state index in [1.54, 1.807) is 0 Å². The summed E-state index contributed by atoms with van der Waals surface area (Å²) < 4.78 is 0. The smallest absolute Gasteiger partial charge is 0.315 e. The van der Waals surface area contributed by atoms with Crippen molar-refractivity contribution in [3.05, 3.63) is 29.8 Å². The van der Waals surface area contributed by atoms with Gasteiger partial charge < -0.3 is 16.0 Å².